The van der Waals surface area contributed by atoms with Gasteiger partial charge < -0.3 is 18.3 Å². The van der Waals surface area contributed by atoms with E-state index in [-0.39, 0.29) is 0 Å². The zero-order valence-electron chi connectivity index (χ0n) is 31.2. The molecule has 6 aromatic heterocycles. The van der Waals surface area contributed by atoms with Gasteiger partial charge in [0.05, 0.1) is 56.5 Å². The number of hydrogen-bond acceptors (Lipinski definition) is 2. The molecule has 0 aliphatic rings. The standard InChI is InChI=1S/C52H32N6/c1-3-11-33(12-4-1)55-47-23-19-35(29-43(47)39-25-27-53-31-49(39)55)57-45-17-9-7-15-37(45)41-21-22-42-38-16-8-10-18-46(38)58(52(42)51(41)57)36-20-24-48-44(30-36)40-26-28-54-32-50(40)56(48)34-13-5-2-6-14-34/h1-32H. The van der Waals surface area contributed by atoms with Gasteiger partial charge in [-0.15, -0.1) is 0 Å². The van der Waals surface area contributed by atoms with E-state index >= 15 is 0 Å². The van der Waals surface area contributed by atoms with Crippen LogP contribution < -0.4 is 0 Å². The van der Waals surface area contributed by atoms with Crippen LogP contribution in [0.3, 0.4) is 0 Å². The summed E-state index contributed by atoms with van der Waals surface area (Å²) in [7, 11) is 0. The molecule has 0 saturated heterocycles. The highest BCUT2D eigenvalue weighted by atomic mass is 15.1. The number of pyridine rings is 2. The lowest BCUT2D eigenvalue weighted by Crippen LogP contribution is -1.99. The summed E-state index contributed by atoms with van der Waals surface area (Å²) in [6, 6.07) is 61.6. The van der Waals surface area contributed by atoms with Gasteiger partial charge in [0.2, 0.25) is 0 Å². The van der Waals surface area contributed by atoms with Crippen LogP contribution in [0.5, 0.6) is 0 Å². The van der Waals surface area contributed by atoms with E-state index in [1.807, 2.05) is 24.8 Å². The molecule has 6 heterocycles. The van der Waals surface area contributed by atoms with E-state index in [9.17, 15) is 0 Å². The van der Waals surface area contributed by atoms with Crippen LogP contribution in [0.25, 0.3) is 110 Å². The van der Waals surface area contributed by atoms with E-state index < -0.39 is 0 Å². The second-order valence-corrected chi connectivity index (χ2v) is 15.1. The maximum Gasteiger partial charge on any atom is 0.0788 e. The van der Waals surface area contributed by atoms with Crippen LogP contribution in [-0.2, 0) is 0 Å². The Labute approximate surface area is 331 Å². The van der Waals surface area contributed by atoms with Crippen molar-refractivity contribution in [3.63, 3.8) is 0 Å². The minimum atomic E-state index is 1.09. The zero-order valence-corrected chi connectivity index (χ0v) is 31.2. The van der Waals surface area contributed by atoms with Gasteiger partial charge in [-0.1, -0.05) is 84.9 Å². The Morgan fingerprint density at radius 3 is 1.12 bits per heavy atom. The van der Waals surface area contributed by atoms with Crippen molar-refractivity contribution in [2.45, 2.75) is 0 Å². The smallest absolute Gasteiger partial charge is 0.0788 e. The van der Waals surface area contributed by atoms with E-state index in [1.165, 1.54) is 65.2 Å². The summed E-state index contributed by atoms with van der Waals surface area (Å²) in [6.07, 6.45) is 7.76. The Morgan fingerprint density at radius 2 is 0.655 bits per heavy atom. The first-order valence-electron chi connectivity index (χ1n) is 19.7. The Morgan fingerprint density at radius 1 is 0.259 bits per heavy atom. The van der Waals surface area contributed by atoms with E-state index in [0.717, 1.165) is 44.8 Å². The van der Waals surface area contributed by atoms with E-state index in [2.05, 4.69) is 198 Å². The fourth-order valence-corrected chi connectivity index (χ4v) is 9.74. The number of rotatable bonds is 4. The molecular formula is C52H32N6. The summed E-state index contributed by atoms with van der Waals surface area (Å²) in [5.41, 5.74) is 13.6. The van der Waals surface area contributed by atoms with Gasteiger partial charge in [0, 0.05) is 78.2 Å². The van der Waals surface area contributed by atoms with Gasteiger partial charge in [-0.2, -0.15) is 0 Å². The van der Waals surface area contributed by atoms with Crippen molar-refractivity contribution in [3.05, 3.63) is 195 Å². The molecule has 13 rings (SSSR count). The fraction of sp³-hybridized carbons (Fsp3) is 0. The Kier molecular flexibility index (Phi) is 6.35. The molecule has 0 N–H and O–H groups in total. The largest absolute Gasteiger partial charge is 0.308 e. The molecule has 0 amide bonds. The molecule has 7 aromatic carbocycles. The first kappa shape index (κ1) is 31.3. The van der Waals surface area contributed by atoms with Crippen molar-refractivity contribution in [3.8, 4) is 22.7 Å². The van der Waals surface area contributed by atoms with Crippen LogP contribution in [0.15, 0.2) is 195 Å². The van der Waals surface area contributed by atoms with Gasteiger partial charge in [-0.05, 0) is 84.9 Å². The Hall–Kier alpha value is -7.96. The Bertz CT molecular complexity index is 3540. The first-order chi connectivity index (χ1) is 28.8. The molecule has 0 aliphatic carbocycles. The van der Waals surface area contributed by atoms with Crippen molar-refractivity contribution < 1.29 is 0 Å². The number of nitrogens with zero attached hydrogens (tertiary/aromatic N) is 6. The van der Waals surface area contributed by atoms with Crippen molar-refractivity contribution in [1.29, 1.82) is 0 Å². The summed E-state index contributed by atoms with van der Waals surface area (Å²) in [5.74, 6) is 0. The third-order valence-corrected chi connectivity index (χ3v) is 12.1. The molecule has 6 heteroatoms. The lowest BCUT2D eigenvalue weighted by molar-refractivity contribution is 1.14. The van der Waals surface area contributed by atoms with Crippen LogP contribution in [0.2, 0.25) is 0 Å². The third-order valence-electron chi connectivity index (χ3n) is 12.1. The SMILES string of the molecule is c1ccc(-n2c3ccc(-n4c5ccccc5c5ccc6c7ccccc7n(-c7ccc8c(c7)c7ccncc7n8-c7ccccc7)c6c54)cc3c3ccncc32)cc1. The molecule has 0 spiro atoms. The monoisotopic (exact) mass is 740 g/mol. The quantitative estimate of drug-likeness (QED) is 0.180. The van der Waals surface area contributed by atoms with Crippen LogP contribution in [-0.4, -0.2) is 28.2 Å². The van der Waals surface area contributed by atoms with Crippen molar-refractivity contribution in [2.24, 2.45) is 0 Å². The number of aromatic nitrogens is 6. The molecule has 13 aromatic rings. The molecule has 6 nitrogen and oxygen atoms in total. The summed E-state index contributed by atoms with van der Waals surface area (Å²) in [6.45, 7) is 0. The Balaban J connectivity index is 1.15. The van der Waals surface area contributed by atoms with Crippen molar-refractivity contribution in [2.75, 3.05) is 0 Å². The summed E-state index contributed by atoms with van der Waals surface area (Å²) in [4.78, 5) is 9.12. The van der Waals surface area contributed by atoms with Crippen molar-refractivity contribution >= 4 is 87.2 Å². The summed E-state index contributed by atoms with van der Waals surface area (Å²) < 4.78 is 9.62. The number of benzene rings is 7. The molecule has 58 heavy (non-hydrogen) atoms. The van der Waals surface area contributed by atoms with Gasteiger partial charge in [-0.3, -0.25) is 9.97 Å². The molecule has 0 bridgehead atoms. The molecule has 0 unspecified atom stereocenters. The summed E-state index contributed by atoms with van der Waals surface area (Å²) >= 11 is 0. The lowest BCUT2D eigenvalue weighted by atomic mass is 10.1. The van der Waals surface area contributed by atoms with Crippen LogP contribution in [0.1, 0.15) is 0 Å². The minimum absolute atomic E-state index is 1.09. The lowest BCUT2D eigenvalue weighted by Gasteiger charge is -2.14. The van der Waals surface area contributed by atoms with E-state index in [1.54, 1.807) is 0 Å². The van der Waals surface area contributed by atoms with Gasteiger partial charge >= 0.3 is 0 Å². The highest BCUT2D eigenvalue weighted by Gasteiger charge is 2.23. The van der Waals surface area contributed by atoms with Gasteiger partial charge in [0.25, 0.3) is 0 Å². The molecule has 0 saturated carbocycles. The number of para-hydroxylation sites is 4. The number of hydrogen-bond donors (Lipinski definition) is 0. The van der Waals surface area contributed by atoms with Crippen LogP contribution in [0.4, 0.5) is 0 Å². The van der Waals surface area contributed by atoms with Crippen LogP contribution in [0, 0.1) is 0 Å². The maximum atomic E-state index is 4.56. The summed E-state index contributed by atoms with van der Waals surface area (Å²) in [5, 5.41) is 9.61. The molecule has 0 atom stereocenters. The third kappa shape index (κ3) is 4.20. The molecule has 270 valence electrons. The predicted octanol–water partition coefficient (Wildman–Crippen LogP) is 12.9. The first-order valence-corrected chi connectivity index (χ1v) is 19.7. The van der Waals surface area contributed by atoms with E-state index in [0.29, 0.717) is 0 Å². The second kappa shape index (κ2) is 11.8. The van der Waals surface area contributed by atoms with Gasteiger partial charge in [-0.25, -0.2) is 0 Å². The molecular weight excluding hydrogens is 709 g/mol. The van der Waals surface area contributed by atoms with Gasteiger partial charge in [0.1, 0.15) is 0 Å². The molecule has 0 aliphatic heterocycles. The number of fused-ring (bicyclic) bond motifs is 13. The molecule has 0 radical (unpaired) electrons. The van der Waals surface area contributed by atoms with Crippen LogP contribution >= 0.6 is 0 Å². The average molecular weight is 741 g/mol. The van der Waals surface area contributed by atoms with Gasteiger partial charge in [0.15, 0.2) is 0 Å². The average Bonchev–Trinajstić information content (AvgIpc) is 4.01. The molecule has 0 fully saturated rings. The minimum Gasteiger partial charge on any atom is -0.308 e. The van der Waals surface area contributed by atoms with Crippen molar-refractivity contribution in [1.82, 2.24) is 28.2 Å². The van der Waals surface area contributed by atoms with E-state index in [4.69, 9.17) is 0 Å². The second-order valence-electron chi connectivity index (χ2n) is 15.1. The zero-order chi connectivity index (χ0) is 37.9. The highest BCUT2D eigenvalue weighted by Crippen LogP contribution is 2.43. The normalized spacial score (nSPS) is 12.1. The fourth-order valence-electron chi connectivity index (χ4n) is 9.74. The predicted molar refractivity (Wildman–Crippen MR) is 239 cm³/mol. The highest BCUT2D eigenvalue weighted by molar-refractivity contribution is 6.24. The topological polar surface area (TPSA) is 45.5 Å². The maximum absolute atomic E-state index is 4.56.